The Morgan fingerprint density at radius 2 is 1.80 bits per heavy atom. The van der Waals surface area contributed by atoms with Gasteiger partial charge < -0.3 is 5.32 Å². The number of hydrogen-bond acceptors (Lipinski definition) is 2. The molecule has 0 amide bonds. The molecule has 2 heteroatoms. The smallest absolute Gasteiger partial charge is 0.0270 e. The van der Waals surface area contributed by atoms with Crippen molar-refractivity contribution in [2.45, 2.75) is 37.1 Å². The second-order valence-corrected chi connectivity index (χ2v) is 5.78. The largest absolute Gasteiger partial charge is 0.316 e. The normalized spacial score (nSPS) is 18.2. The fraction of sp³-hybridized carbons (Fsp3) is 0.389. The molecule has 104 valence electrons. The van der Waals surface area contributed by atoms with E-state index < -0.39 is 0 Å². The van der Waals surface area contributed by atoms with Gasteiger partial charge in [0, 0.05) is 23.9 Å². The maximum atomic E-state index is 4.11. The molecule has 1 unspecified atom stereocenters. The van der Waals surface area contributed by atoms with Gasteiger partial charge in [-0.25, -0.2) is 0 Å². The molecule has 2 aromatic rings. The van der Waals surface area contributed by atoms with Crippen LogP contribution >= 0.6 is 0 Å². The third kappa shape index (κ3) is 2.36. The second-order valence-electron chi connectivity index (χ2n) is 5.78. The molecule has 1 aromatic heterocycles. The van der Waals surface area contributed by atoms with E-state index in [1.165, 1.54) is 30.4 Å². The molecule has 0 saturated heterocycles. The van der Waals surface area contributed by atoms with Crippen molar-refractivity contribution in [1.29, 1.82) is 0 Å². The lowest BCUT2D eigenvalue weighted by molar-refractivity contribution is 0.174. The number of benzene rings is 1. The number of nitrogens with zero attached hydrogens (tertiary/aromatic N) is 1. The van der Waals surface area contributed by atoms with Gasteiger partial charge in [-0.3, -0.25) is 4.98 Å². The molecule has 0 spiro atoms. The highest BCUT2D eigenvalue weighted by atomic mass is 14.9. The zero-order valence-electron chi connectivity index (χ0n) is 12.0. The highest BCUT2D eigenvalue weighted by Gasteiger charge is 2.44. The molecule has 2 nitrogen and oxygen atoms in total. The Labute approximate surface area is 121 Å². The van der Waals surface area contributed by atoms with E-state index in [1.54, 1.807) is 0 Å². The molecule has 1 N–H and O–H groups in total. The Balaban J connectivity index is 1.87. The van der Waals surface area contributed by atoms with Gasteiger partial charge in [-0.15, -0.1) is 0 Å². The average molecular weight is 266 g/mol. The molecule has 1 atom stereocenters. The maximum absolute atomic E-state index is 4.11. The van der Waals surface area contributed by atoms with E-state index in [2.05, 4.69) is 59.8 Å². The van der Waals surface area contributed by atoms with Crippen LogP contribution in [0.2, 0.25) is 0 Å². The van der Waals surface area contributed by atoms with Crippen molar-refractivity contribution < 1.29 is 0 Å². The predicted octanol–water partition coefficient (Wildman–Crippen LogP) is 3.33. The molecule has 1 heterocycles. The van der Waals surface area contributed by atoms with Crippen molar-refractivity contribution in [2.24, 2.45) is 0 Å². The molecule has 1 aliphatic rings. The minimum absolute atomic E-state index is 0.305. The first-order valence-corrected chi connectivity index (χ1v) is 7.47. The van der Waals surface area contributed by atoms with E-state index >= 15 is 0 Å². The van der Waals surface area contributed by atoms with Crippen LogP contribution in [-0.4, -0.2) is 18.1 Å². The standard InChI is InChI=1S/C18H22N2/c1-19-17(14-15-8-12-20-13-9-15)18(10-5-11-18)16-6-3-2-4-7-16/h2-4,6-9,12-13,17,19H,5,10-11,14H2,1H3. The summed E-state index contributed by atoms with van der Waals surface area (Å²) < 4.78 is 0. The molecule has 1 aliphatic carbocycles. The number of hydrogen-bond donors (Lipinski definition) is 1. The lowest BCUT2D eigenvalue weighted by Gasteiger charge is -2.48. The van der Waals surface area contributed by atoms with E-state index in [1.807, 2.05) is 12.4 Å². The fourth-order valence-corrected chi connectivity index (χ4v) is 3.49. The molecule has 1 aromatic carbocycles. The number of aromatic nitrogens is 1. The van der Waals surface area contributed by atoms with Gasteiger partial charge in [-0.2, -0.15) is 0 Å². The van der Waals surface area contributed by atoms with Gasteiger partial charge >= 0.3 is 0 Å². The number of likely N-dealkylation sites (N-methyl/N-ethyl adjacent to an activating group) is 1. The highest BCUT2D eigenvalue weighted by molar-refractivity contribution is 5.32. The summed E-state index contributed by atoms with van der Waals surface area (Å²) in [4.78, 5) is 4.11. The Morgan fingerprint density at radius 3 is 2.35 bits per heavy atom. The Hall–Kier alpha value is -1.67. The van der Waals surface area contributed by atoms with E-state index in [4.69, 9.17) is 0 Å². The SMILES string of the molecule is CNC(Cc1ccncc1)C1(c2ccccc2)CCC1. The predicted molar refractivity (Wildman–Crippen MR) is 82.8 cm³/mol. The van der Waals surface area contributed by atoms with E-state index in [0.29, 0.717) is 11.5 Å². The van der Waals surface area contributed by atoms with Crippen molar-refractivity contribution >= 4 is 0 Å². The molecule has 0 radical (unpaired) electrons. The molecule has 3 rings (SSSR count). The Kier molecular flexibility index (Phi) is 3.83. The molecule has 0 aliphatic heterocycles. The Morgan fingerprint density at radius 1 is 1.10 bits per heavy atom. The monoisotopic (exact) mass is 266 g/mol. The first-order valence-electron chi connectivity index (χ1n) is 7.47. The lowest BCUT2D eigenvalue weighted by Crippen LogP contribution is -2.52. The van der Waals surface area contributed by atoms with Crippen LogP contribution in [0.5, 0.6) is 0 Å². The summed E-state index contributed by atoms with van der Waals surface area (Å²) in [6, 6.07) is 15.7. The highest BCUT2D eigenvalue weighted by Crippen LogP contribution is 2.47. The number of nitrogens with one attached hydrogen (secondary N) is 1. The second kappa shape index (κ2) is 5.76. The van der Waals surface area contributed by atoms with Crippen LogP contribution in [0.4, 0.5) is 0 Å². The van der Waals surface area contributed by atoms with Crippen LogP contribution in [0.1, 0.15) is 30.4 Å². The first-order chi connectivity index (χ1) is 9.85. The quantitative estimate of drug-likeness (QED) is 0.898. The summed E-state index contributed by atoms with van der Waals surface area (Å²) in [6.45, 7) is 0. The maximum Gasteiger partial charge on any atom is 0.0270 e. The molecule has 0 bridgehead atoms. The van der Waals surface area contributed by atoms with Gasteiger partial charge in [0.2, 0.25) is 0 Å². The van der Waals surface area contributed by atoms with Crippen LogP contribution in [0.3, 0.4) is 0 Å². The zero-order chi connectivity index (χ0) is 13.8. The lowest BCUT2D eigenvalue weighted by atomic mass is 9.59. The Bertz CT molecular complexity index is 532. The summed E-state index contributed by atoms with van der Waals surface area (Å²) in [6.07, 6.45) is 8.74. The summed E-state index contributed by atoms with van der Waals surface area (Å²) >= 11 is 0. The van der Waals surface area contributed by atoms with Gasteiger partial charge in [0.15, 0.2) is 0 Å². The molecule has 20 heavy (non-hydrogen) atoms. The fourth-order valence-electron chi connectivity index (χ4n) is 3.49. The number of pyridine rings is 1. The zero-order valence-corrected chi connectivity index (χ0v) is 12.0. The summed E-state index contributed by atoms with van der Waals surface area (Å²) in [5.41, 5.74) is 3.15. The topological polar surface area (TPSA) is 24.9 Å². The van der Waals surface area contributed by atoms with Crippen LogP contribution in [0.25, 0.3) is 0 Å². The van der Waals surface area contributed by atoms with Crippen LogP contribution in [0.15, 0.2) is 54.9 Å². The van der Waals surface area contributed by atoms with E-state index in [-0.39, 0.29) is 0 Å². The van der Waals surface area contributed by atoms with Gasteiger partial charge in [0.25, 0.3) is 0 Å². The third-order valence-electron chi connectivity index (χ3n) is 4.80. The minimum atomic E-state index is 0.305. The van der Waals surface area contributed by atoms with E-state index in [0.717, 1.165) is 6.42 Å². The summed E-state index contributed by atoms with van der Waals surface area (Å²) in [5, 5.41) is 3.57. The van der Waals surface area contributed by atoms with Crippen LogP contribution < -0.4 is 5.32 Å². The van der Waals surface area contributed by atoms with Crippen molar-refractivity contribution in [3.63, 3.8) is 0 Å². The summed E-state index contributed by atoms with van der Waals surface area (Å²) in [7, 11) is 2.09. The third-order valence-corrected chi connectivity index (χ3v) is 4.80. The van der Waals surface area contributed by atoms with Crippen LogP contribution in [0, 0.1) is 0 Å². The van der Waals surface area contributed by atoms with Gasteiger partial charge in [-0.1, -0.05) is 36.8 Å². The first kappa shape index (κ1) is 13.3. The minimum Gasteiger partial charge on any atom is -0.316 e. The summed E-state index contributed by atoms with van der Waals surface area (Å²) in [5.74, 6) is 0. The molecular formula is C18H22N2. The molecule has 1 saturated carbocycles. The van der Waals surface area contributed by atoms with Crippen molar-refractivity contribution in [3.05, 3.63) is 66.0 Å². The van der Waals surface area contributed by atoms with Crippen molar-refractivity contribution in [1.82, 2.24) is 10.3 Å². The van der Waals surface area contributed by atoms with Gasteiger partial charge in [0.1, 0.15) is 0 Å². The van der Waals surface area contributed by atoms with Gasteiger partial charge in [0.05, 0.1) is 0 Å². The molecular weight excluding hydrogens is 244 g/mol. The molecule has 1 fully saturated rings. The average Bonchev–Trinajstić information content (AvgIpc) is 2.47. The number of rotatable bonds is 5. The van der Waals surface area contributed by atoms with E-state index in [9.17, 15) is 0 Å². The van der Waals surface area contributed by atoms with Gasteiger partial charge in [-0.05, 0) is 49.6 Å². The van der Waals surface area contributed by atoms with Crippen molar-refractivity contribution in [2.75, 3.05) is 7.05 Å². The van der Waals surface area contributed by atoms with Crippen molar-refractivity contribution in [3.8, 4) is 0 Å². The van der Waals surface area contributed by atoms with Crippen LogP contribution in [-0.2, 0) is 11.8 Å².